The fourth-order valence-corrected chi connectivity index (χ4v) is 1.93. The lowest BCUT2D eigenvalue weighted by atomic mass is 10.1. The molecule has 0 atom stereocenters. The van der Waals surface area contributed by atoms with Gasteiger partial charge in [-0.15, -0.1) is 0 Å². The van der Waals surface area contributed by atoms with Gasteiger partial charge in [-0.05, 0) is 18.2 Å². The predicted molar refractivity (Wildman–Crippen MR) is 56.9 cm³/mol. The van der Waals surface area contributed by atoms with E-state index in [0.717, 1.165) is 6.07 Å². The molecule has 78 valence electrons. The first-order chi connectivity index (χ1) is 7.15. The van der Waals surface area contributed by atoms with Gasteiger partial charge in [0.25, 0.3) is 11.7 Å². The quantitative estimate of drug-likeness (QED) is 0.607. The number of halogens is 2. The predicted octanol–water partition coefficient (Wildman–Crippen LogP) is 1.75. The molecule has 1 aliphatic rings. The van der Waals surface area contributed by atoms with Crippen LogP contribution in [0.4, 0.5) is 10.1 Å². The third-order valence-electron chi connectivity index (χ3n) is 2.24. The van der Waals surface area contributed by atoms with E-state index in [-0.39, 0.29) is 5.56 Å². The monoisotopic (exact) mass is 271 g/mol. The van der Waals surface area contributed by atoms with Gasteiger partial charge < -0.3 is 4.90 Å². The smallest absolute Gasteiger partial charge is 0.299 e. The SMILES string of the molecule is O=C1C(=O)N(CCBr)c2ccc(F)cc21. The summed E-state index contributed by atoms with van der Waals surface area (Å²) in [4.78, 5) is 24.3. The number of amides is 1. The van der Waals surface area contributed by atoms with Crippen LogP contribution in [-0.2, 0) is 4.79 Å². The Hall–Kier alpha value is -1.23. The Kier molecular flexibility index (Phi) is 2.56. The second-order valence-corrected chi connectivity index (χ2v) is 3.93. The van der Waals surface area contributed by atoms with E-state index in [1.165, 1.54) is 17.0 Å². The van der Waals surface area contributed by atoms with Gasteiger partial charge in [0.05, 0.1) is 11.3 Å². The highest BCUT2D eigenvalue weighted by molar-refractivity contribution is 9.09. The summed E-state index contributed by atoms with van der Waals surface area (Å²) in [6.07, 6.45) is 0. The average Bonchev–Trinajstić information content (AvgIpc) is 2.44. The van der Waals surface area contributed by atoms with E-state index >= 15 is 0 Å². The van der Waals surface area contributed by atoms with Gasteiger partial charge in [-0.25, -0.2) is 4.39 Å². The molecule has 0 saturated heterocycles. The molecule has 1 heterocycles. The first kappa shape index (κ1) is 10.3. The summed E-state index contributed by atoms with van der Waals surface area (Å²) in [7, 11) is 0. The number of carbonyl (C=O) groups excluding carboxylic acids is 2. The van der Waals surface area contributed by atoms with Crippen molar-refractivity contribution in [2.45, 2.75) is 0 Å². The number of carbonyl (C=O) groups is 2. The molecule has 0 fully saturated rings. The lowest BCUT2D eigenvalue weighted by molar-refractivity contribution is -0.114. The molecule has 0 aliphatic carbocycles. The number of rotatable bonds is 2. The van der Waals surface area contributed by atoms with E-state index in [0.29, 0.717) is 17.6 Å². The molecule has 0 aromatic heterocycles. The zero-order chi connectivity index (χ0) is 11.0. The van der Waals surface area contributed by atoms with Gasteiger partial charge >= 0.3 is 0 Å². The molecule has 0 unspecified atom stereocenters. The van der Waals surface area contributed by atoms with Crippen LogP contribution in [0, 0.1) is 5.82 Å². The maximum Gasteiger partial charge on any atom is 0.299 e. The Bertz CT molecular complexity index is 447. The fraction of sp³-hybridized carbons (Fsp3) is 0.200. The summed E-state index contributed by atoms with van der Waals surface area (Å²) >= 11 is 3.19. The van der Waals surface area contributed by atoms with Gasteiger partial charge in [0.15, 0.2) is 0 Å². The van der Waals surface area contributed by atoms with Crippen molar-refractivity contribution in [3.63, 3.8) is 0 Å². The molecule has 1 aromatic rings. The number of anilines is 1. The molecule has 1 amide bonds. The van der Waals surface area contributed by atoms with Crippen LogP contribution < -0.4 is 4.90 Å². The topological polar surface area (TPSA) is 37.4 Å². The highest BCUT2D eigenvalue weighted by atomic mass is 79.9. The van der Waals surface area contributed by atoms with Gasteiger partial charge in [0.2, 0.25) is 0 Å². The number of benzene rings is 1. The summed E-state index contributed by atoms with van der Waals surface area (Å²) in [6.45, 7) is 0.406. The van der Waals surface area contributed by atoms with Crippen molar-refractivity contribution in [2.24, 2.45) is 0 Å². The second kappa shape index (κ2) is 3.73. The Morgan fingerprint density at radius 2 is 2.07 bits per heavy atom. The molecule has 0 bridgehead atoms. The van der Waals surface area contributed by atoms with Crippen LogP contribution in [0.5, 0.6) is 0 Å². The van der Waals surface area contributed by atoms with E-state index in [2.05, 4.69) is 15.9 Å². The Labute approximate surface area is 94.0 Å². The first-order valence-electron chi connectivity index (χ1n) is 4.37. The number of hydrogen-bond donors (Lipinski definition) is 0. The Balaban J connectivity index is 2.50. The summed E-state index contributed by atoms with van der Waals surface area (Å²) in [5, 5.41) is 0.572. The molecule has 15 heavy (non-hydrogen) atoms. The number of Topliss-reactive ketones (excluding diaryl/α,β-unsaturated/α-hetero) is 1. The van der Waals surface area contributed by atoms with Crippen LogP contribution in [0.2, 0.25) is 0 Å². The Morgan fingerprint density at radius 1 is 1.33 bits per heavy atom. The van der Waals surface area contributed by atoms with Crippen molar-refractivity contribution >= 4 is 33.3 Å². The third-order valence-corrected chi connectivity index (χ3v) is 2.60. The molecule has 5 heteroatoms. The average molecular weight is 272 g/mol. The van der Waals surface area contributed by atoms with Crippen LogP contribution in [-0.4, -0.2) is 23.6 Å². The number of fused-ring (bicyclic) bond motifs is 1. The minimum Gasteiger partial charge on any atom is -0.304 e. The number of alkyl halides is 1. The van der Waals surface area contributed by atoms with Crippen molar-refractivity contribution in [3.8, 4) is 0 Å². The van der Waals surface area contributed by atoms with Crippen molar-refractivity contribution in [1.82, 2.24) is 0 Å². The van der Waals surface area contributed by atoms with Gasteiger partial charge in [-0.3, -0.25) is 9.59 Å². The van der Waals surface area contributed by atoms with Crippen molar-refractivity contribution in [2.75, 3.05) is 16.8 Å². The van der Waals surface area contributed by atoms with Crippen LogP contribution >= 0.6 is 15.9 Å². The first-order valence-corrected chi connectivity index (χ1v) is 5.49. The fourth-order valence-electron chi connectivity index (χ4n) is 1.58. The third kappa shape index (κ3) is 1.56. The van der Waals surface area contributed by atoms with E-state index < -0.39 is 17.5 Å². The maximum absolute atomic E-state index is 12.9. The molecule has 1 aromatic carbocycles. The van der Waals surface area contributed by atoms with Crippen molar-refractivity contribution in [1.29, 1.82) is 0 Å². The largest absolute Gasteiger partial charge is 0.304 e. The highest BCUT2D eigenvalue weighted by Gasteiger charge is 2.35. The molecule has 0 saturated carbocycles. The molecule has 2 rings (SSSR count). The van der Waals surface area contributed by atoms with Crippen LogP contribution in [0.15, 0.2) is 18.2 Å². The van der Waals surface area contributed by atoms with E-state index in [1.807, 2.05) is 0 Å². The lowest BCUT2D eigenvalue weighted by Crippen LogP contribution is -2.31. The number of ketones is 1. The zero-order valence-corrected chi connectivity index (χ0v) is 9.25. The lowest BCUT2D eigenvalue weighted by Gasteiger charge is -2.14. The van der Waals surface area contributed by atoms with Gasteiger partial charge in [-0.2, -0.15) is 0 Å². The highest BCUT2D eigenvalue weighted by Crippen LogP contribution is 2.29. The second-order valence-electron chi connectivity index (χ2n) is 3.14. The Morgan fingerprint density at radius 3 is 2.73 bits per heavy atom. The minimum absolute atomic E-state index is 0.154. The molecule has 0 spiro atoms. The minimum atomic E-state index is -0.634. The molecule has 3 nitrogen and oxygen atoms in total. The molecule has 0 N–H and O–H groups in total. The summed E-state index contributed by atoms with van der Waals surface area (Å²) in [6, 6.07) is 3.80. The summed E-state index contributed by atoms with van der Waals surface area (Å²) in [5.41, 5.74) is 0.645. The van der Waals surface area contributed by atoms with E-state index in [4.69, 9.17) is 0 Å². The van der Waals surface area contributed by atoms with Crippen molar-refractivity contribution in [3.05, 3.63) is 29.6 Å². The molecule has 1 aliphatic heterocycles. The normalized spacial score (nSPS) is 14.7. The van der Waals surface area contributed by atoms with Gasteiger partial charge in [0.1, 0.15) is 5.82 Å². The standard InChI is InChI=1S/C10H7BrFNO2/c11-3-4-13-8-2-1-6(12)5-7(8)9(14)10(13)15/h1-2,5H,3-4H2. The zero-order valence-electron chi connectivity index (χ0n) is 7.67. The van der Waals surface area contributed by atoms with Gasteiger partial charge in [-0.1, -0.05) is 15.9 Å². The van der Waals surface area contributed by atoms with Crippen LogP contribution in [0.3, 0.4) is 0 Å². The van der Waals surface area contributed by atoms with E-state index in [1.54, 1.807) is 0 Å². The van der Waals surface area contributed by atoms with Gasteiger partial charge in [0, 0.05) is 11.9 Å². The maximum atomic E-state index is 12.9. The molecule has 0 radical (unpaired) electrons. The molecular formula is C10H7BrFNO2. The summed E-state index contributed by atoms with van der Waals surface area (Å²) < 4.78 is 12.9. The molecular weight excluding hydrogens is 265 g/mol. The number of nitrogens with zero attached hydrogens (tertiary/aromatic N) is 1. The summed E-state index contributed by atoms with van der Waals surface area (Å²) in [5.74, 6) is -1.73. The van der Waals surface area contributed by atoms with Crippen molar-refractivity contribution < 1.29 is 14.0 Å². The van der Waals surface area contributed by atoms with Crippen LogP contribution in [0.25, 0.3) is 0 Å². The number of hydrogen-bond acceptors (Lipinski definition) is 2. The van der Waals surface area contributed by atoms with Crippen LogP contribution in [0.1, 0.15) is 10.4 Å². The van der Waals surface area contributed by atoms with E-state index in [9.17, 15) is 14.0 Å².